The summed E-state index contributed by atoms with van der Waals surface area (Å²) in [4.78, 5) is 51.7. The first-order valence-electron chi connectivity index (χ1n) is 9.88. The number of rotatable bonds is 2. The van der Waals surface area contributed by atoms with Crippen molar-refractivity contribution in [2.45, 2.75) is 59.2 Å². The molecule has 1 saturated heterocycles. The van der Waals surface area contributed by atoms with Gasteiger partial charge in [0.2, 0.25) is 17.7 Å². The highest BCUT2D eigenvalue weighted by Crippen LogP contribution is 2.25. The Bertz CT molecular complexity index is 734. The van der Waals surface area contributed by atoms with Crippen molar-refractivity contribution in [3.05, 3.63) is 21.8 Å². The molecule has 1 rings (SSSR count). The van der Waals surface area contributed by atoms with E-state index in [9.17, 15) is 19.2 Å². The molecule has 2 N–H and O–H groups in total. The third-order valence-electron chi connectivity index (χ3n) is 5.18. The van der Waals surface area contributed by atoms with E-state index in [4.69, 9.17) is 4.74 Å². The van der Waals surface area contributed by atoms with Gasteiger partial charge in [0.1, 0.15) is 24.7 Å². The maximum Gasteiger partial charge on any atom is 0.326 e. The first-order valence-corrected chi connectivity index (χ1v) is 11.1. The third kappa shape index (κ3) is 6.82. The summed E-state index contributed by atoms with van der Waals surface area (Å²) in [6, 6.07) is -1.61. The predicted molar refractivity (Wildman–Crippen MR) is 123 cm³/mol. The molecule has 0 radical (unpaired) electrons. The fourth-order valence-corrected chi connectivity index (χ4v) is 3.76. The van der Waals surface area contributed by atoms with E-state index in [1.54, 1.807) is 24.9 Å². The zero-order chi connectivity index (χ0) is 23.2. The molecule has 1 aliphatic heterocycles. The van der Waals surface area contributed by atoms with Crippen molar-refractivity contribution in [2.75, 3.05) is 13.6 Å². The van der Waals surface area contributed by atoms with Crippen molar-refractivity contribution < 1.29 is 23.9 Å². The molecule has 0 aromatic heterocycles. The summed E-state index contributed by atoms with van der Waals surface area (Å²) in [5, 5.41) is 5.25. The van der Waals surface area contributed by atoms with Crippen LogP contribution in [-0.4, -0.2) is 60.4 Å². The molecule has 0 aliphatic carbocycles. The van der Waals surface area contributed by atoms with Crippen LogP contribution in [0.1, 0.15) is 41.0 Å². The van der Waals surface area contributed by atoms with Crippen LogP contribution in [0.2, 0.25) is 0 Å². The van der Waals surface area contributed by atoms with Crippen molar-refractivity contribution in [1.82, 2.24) is 15.5 Å². The van der Waals surface area contributed by atoms with Gasteiger partial charge in [0.05, 0.1) is 0 Å². The Hall–Kier alpha value is -1.91. The molecular formula is C21H32IN3O5. The third-order valence-corrected chi connectivity index (χ3v) is 6.17. The van der Waals surface area contributed by atoms with Crippen LogP contribution >= 0.6 is 22.6 Å². The quantitative estimate of drug-likeness (QED) is 0.321. The number of nitrogens with one attached hydrogen (secondary N) is 2. The lowest BCUT2D eigenvalue weighted by Crippen LogP contribution is -2.55. The molecule has 3 amide bonds. The van der Waals surface area contributed by atoms with Gasteiger partial charge in [0.25, 0.3) is 0 Å². The van der Waals surface area contributed by atoms with Crippen LogP contribution in [0.3, 0.4) is 0 Å². The number of carbonyl (C=O) groups is 4. The number of cyclic esters (lactones) is 1. The SMILES string of the molecule is C=C1CC(=O)N[C@@H](C)C(=O)N(C)[C@@H](C(C)C)C(=O)NCC(=O)O[C@@H](/C(C)=C/I)[C@@H]1C. The average molecular weight is 533 g/mol. The van der Waals surface area contributed by atoms with E-state index in [-0.39, 0.29) is 30.7 Å². The van der Waals surface area contributed by atoms with Gasteiger partial charge in [0.15, 0.2) is 0 Å². The van der Waals surface area contributed by atoms with Crippen LogP contribution in [0, 0.1) is 11.8 Å². The van der Waals surface area contributed by atoms with E-state index in [1.807, 2.05) is 13.8 Å². The number of esters is 1. The standard InChI is InChI=1S/C21H32IN3O5/c1-11(2)18-20(28)23-10-17(27)30-19(13(4)9-22)14(5)12(3)8-16(26)24-15(6)21(29)25(18)7/h9,11,14-15,18-19H,3,8,10H2,1-2,4-7H3,(H,23,28)(H,24,26)/b13-9+/t14-,15+,18+,19+/m1/s1. The Balaban J connectivity index is 3.28. The first-order chi connectivity index (χ1) is 13.9. The van der Waals surface area contributed by atoms with E-state index in [1.165, 1.54) is 11.9 Å². The molecule has 1 aliphatic rings. The summed E-state index contributed by atoms with van der Waals surface area (Å²) in [5.74, 6) is -2.34. The molecular weight excluding hydrogens is 501 g/mol. The average Bonchev–Trinajstić information content (AvgIpc) is 2.67. The summed E-state index contributed by atoms with van der Waals surface area (Å²) in [6.07, 6.45) is -0.616. The van der Waals surface area contributed by atoms with E-state index in [2.05, 4.69) is 39.8 Å². The summed E-state index contributed by atoms with van der Waals surface area (Å²) in [6.45, 7) is 12.5. The summed E-state index contributed by atoms with van der Waals surface area (Å²) < 4.78 is 7.41. The molecule has 9 heteroatoms. The Labute approximate surface area is 192 Å². The van der Waals surface area contributed by atoms with E-state index in [0.717, 1.165) is 5.57 Å². The van der Waals surface area contributed by atoms with Gasteiger partial charge in [-0.15, -0.1) is 0 Å². The minimum atomic E-state index is -0.811. The number of likely N-dealkylation sites (N-methyl/N-ethyl adjacent to an activating group) is 1. The Kier molecular flexibility index (Phi) is 9.99. The Morgan fingerprint density at radius 3 is 2.40 bits per heavy atom. The van der Waals surface area contributed by atoms with E-state index < -0.39 is 36.0 Å². The number of nitrogens with zero attached hydrogens (tertiary/aromatic N) is 1. The second kappa shape index (κ2) is 11.5. The molecule has 0 saturated carbocycles. The first kappa shape index (κ1) is 26.1. The fraction of sp³-hybridized carbons (Fsp3) is 0.619. The molecule has 1 fully saturated rings. The summed E-state index contributed by atoms with van der Waals surface area (Å²) in [7, 11) is 1.51. The number of carbonyl (C=O) groups excluding carboxylic acids is 4. The van der Waals surface area contributed by atoms with Crippen LogP contribution < -0.4 is 10.6 Å². The minimum absolute atomic E-state index is 0.00410. The van der Waals surface area contributed by atoms with Crippen molar-refractivity contribution in [1.29, 1.82) is 0 Å². The topological polar surface area (TPSA) is 105 Å². The predicted octanol–water partition coefficient (Wildman–Crippen LogP) is 1.94. The second-order valence-electron chi connectivity index (χ2n) is 8.03. The van der Waals surface area contributed by atoms with Gasteiger partial charge in [0, 0.05) is 19.4 Å². The van der Waals surface area contributed by atoms with Gasteiger partial charge >= 0.3 is 5.97 Å². The Morgan fingerprint density at radius 2 is 1.87 bits per heavy atom. The van der Waals surface area contributed by atoms with Gasteiger partial charge in [-0.1, -0.05) is 55.5 Å². The molecule has 4 atom stereocenters. The van der Waals surface area contributed by atoms with Crippen molar-refractivity contribution in [3.8, 4) is 0 Å². The molecule has 168 valence electrons. The monoisotopic (exact) mass is 533 g/mol. The van der Waals surface area contributed by atoms with Crippen LogP contribution in [0.4, 0.5) is 0 Å². The molecule has 8 nitrogen and oxygen atoms in total. The smallest absolute Gasteiger partial charge is 0.326 e. The van der Waals surface area contributed by atoms with Gasteiger partial charge in [-0.05, 0) is 29.4 Å². The lowest BCUT2D eigenvalue weighted by atomic mass is 9.90. The lowest BCUT2D eigenvalue weighted by molar-refractivity contribution is -0.149. The number of hydrogen-bond donors (Lipinski definition) is 2. The van der Waals surface area contributed by atoms with Crippen molar-refractivity contribution in [2.24, 2.45) is 11.8 Å². The molecule has 1 heterocycles. The highest BCUT2D eigenvalue weighted by molar-refractivity contribution is 14.1. The normalized spacial score (nSPS) is 28.5. The van der Waals surface area contributed by atoms with Crippen LogP contribution in [0.15, 0.2) is 21.8 Å². The largest absolute Gasteiger partial charge is 0.456 e. The van der Waals surface area contributed by atoms with Crippen molar-refractivity contribution >= 4 is 46.3 Å². The molecule has 0 aromatic carbocycles. The van der Waals surface area contributed by atoms with Crippen molar-refractivity contribution in [3.63, 3.8) is 0 Å². The summed E-state index contributed by atoms with van der Waals surface area (Å²) in [5.41, 5.74) is 1.38. The van der Waals surface area contributed by atoms with Gasteiger partial charge < -0.3 is 20.3 Å². The van der Waals surface area contributed by atoms with E-state index in [0.29, 0.717) is 5.57 Å². The van der Waals surface area contributed by atoms with Crippen LogP contribution in [0.25, 0.3) is 0 Å². The van der Waals surface area contributed by atoms with Gasteiger partial charge in [-0.3, -0.25) is 19.2 Å². The Morgan fingerprint density at radius 1 is 1.27 bits per heavy atom. The zero-order valence-corrected chi connectivity index (χ0v) is 20.6. The molecule has 0 unspecified atom stereocenters. The fourth-order valence-electron chi connectivity index (χ4n) is 3.40. The van der Waals surface area contributed by atoms with Gasteiger partial charge in [-0.2, -0.15) is 0 Å². The highest BCUT2D eigenvalue weighted by Gasteiger charge is 2.34. The molecule has 0 spiro atoms. The van der Waals surface area contributed by atoms with Crippen LogP contribution in [-0.2, 0) is 23.9 Å². The van der Waals surface area contributed by atoms with Gasteiger partial charge in [-0.25, -0.2) is 0 Å². The number of ether oxygens (including phenoxy) is 1. The molecule has 0 bridgehead atoms. The lowest BCUT2D eigenvalue weighted by Gasteiger charge is -2.32. The summed E-state index contributed by atoms with van der Waals surface area (Å²) >= 11 is 2.06. The number of halogens is 1. The zero-order valence-electron chi connectivity index (χ0n) is 18.5. The number of amides is 3. The molecule has 30 heavy (non-hydrogen) atoms. The maximum absolute atomic E-state index is 12.8. The highest BCUT2D eigenvalue weighted by atomic mass is 127. The second-order valence-corrected chi connectivity index (χ2v) is 8.66. The van der Waals surface area contributed by atoms with E-state index >= 15 is 0 Å². The number of hydrogen-bond acceptors (Lipinski definition) is 5. The molecule has 0 aromatic rings. The minimum Gasteiger partial charge on any atom is -0.456 e. The maximum atomic E-state index is 12.8. The van der Waals surface area contributed by atoms with Crippen LogP contribution in [0.5, 0.6) is 0 Å².